The number of nitro groups is 1. The lowest BCUT2D eigenvalue weighted by Gasteiger charge is -2.19. The molecule has 0 spiro atoms. The molecule has 1 atom stereocenters. The van der Waals surface area contributed by atoms with Crippen LogP contribution in [0.3, 0.4) is 0 Å². The topological polar surface area (TPSA) is 98.5 Å². The molecule has 1 amide bonds. The molecule has 0 heterocycles. The number of esters is 1. The molecule has 0 saturated heterocycles. The van der Waals surface area contributed by atoms with Crippen molar-refractivity contribution in [3.05, 3.63) is 75.3 Å². The van der Waals surface area contributed by atoms with Crippen LogP contribution in [0.4, 0.5) is 5.69 Å². The van der Waals surface area contributed by atoms with Crippen LogP contribution < -0.4 is 5.32 Å². The van der Waals surface area contributed by atoms with Gasteiger partial charge in [-0.3, -0.25) is 14.9 Å². The summed E-state index contributed by atoms with van der Waals surface area (Å²) in [4.78, 5) is 35.5. The lowest BCUT2D eigenvalue weighted by molar-refractivity contribution is -0.385. The maximum absolute atomic E-state index is 12.6. The first kappa shape index (κ1) is 21.1. The lowest BCUT2D eigenvalue weighted by atomic mass is 10.0. The molecule has 0 aliphatic carbocycles. The molecule has 0 aliphatic rings. The first-order chi connectivity index (χ1) is 13.3. The van der Waals surface area contributed by atoms with Gasteiger partial charge in [-0.15, -0.1) is 0 Å². The van der Waals surface area contributed by atoms with Crippen LogP contribution in [0.15, 0.2) is 48.5 Å². The second kappa shape index (κ2) is 9.64. The third-order valence-electron chi connectivity index (χ3n) is 4.18. The van der Waals surface area contributed by atoms with E-state index in [1.807, 2.05) is 44.2 Å². The molecule has 0 radical (unpaired) electrons. The van der Waals surface area contributed by atoms with Crippen LogP contribution in [0.2, 0.25) is 0 Å². The Hall–Kier alpha value is -3.22. The van der Waals surface area contributed by atoms with Gasteiger partial charge in [-0.1, -0.05) is 44.2 Å². The second-order valence-electron chi connectivity index (χ2n) is 7.01. The van der Waals surface area contributed by atoms with E-state index in [4.69, 9.17) is 4.74 Å². The van der Waals surface area contributed by atoms with E-state index in [1.54, 1.807) is 6.92 Å². The zero-order valence-electron chi connectivity index (χ0n) is 16.2. The van der Waals surface area contributed by atoms with Crippen molar-refractivity contribution in [2.75, 3.05) is 0 Å². The summed E-state index contributed by atoms with van der Waals surface area (Å²) in [5, 5.41) is 13.6. The van der Waals surface area contributed by atoms with Crippen LogP contribution in [-0.2, 0) is 16.1 Å². The number of nitro benzene ring substituents is 1. The largest absolute Gasteiger partial charge is 0.459 e. The molecule has 2 aromatic carbocycles. The number of rotatable bonds is 8. The highest BCUT2D eigenvalue weighted by atomic mass is 16.6. The Kier molecular flexibility index (Phi) is 7.26. The van der Waals surface area contributed by atoms with Crippen LogP contribution >= 0.6 is 0 Å². The van der Waals surface area contributed by atoms with E-state index in [2.05, 4.69) is 5.32 Å². The van der Waals surface area contributed by atoms with Crippen LogP contribution in [0.5, 0.6) is 0 Å². The van der Waals surface area contributed by atoms with Crippen molar-refractivity contribution in [2.45, 2.75) is 39.8 Å². The molecule has 0 aromatic heterocycles. The predicted octanol–water partition coefficient (Wildman–Crippen LogP) is 3.79. The minimum Gasteiger partial charge on any atom is -0.459 e. The van der Waals surface area contributed by atoms with E-state index < -0.39 is 22.8 Å². The molecule has 28 heavy (non-hydrogen) atoms. The highest BCUT2D eigenvalue weighted by Crippen LogP contribution is 2.19. The fourth-order valence-corrected chi connectivity index (χ4v) is 2.76. The minimum atomic E-state index is -0.799. The molecule has 0 fully saturated rings. The number of carbonyl (C=O) groups excluding carboxylic acids is 2. The minimum absolute atomic E-state index is 0.0578. The summed E-state index contributed by atoms with van der Waals surface area (Å²) >= 11 is 0. The summed E-state index contributed by atoms with van der Waals surface area (Å²) < 4.78 is 5.36. The average Bonchev–Trinajstić information content (AvgIpc) is 2.65. The Balaban J connectivity index is 2.08. The molecule has 0 unspecified atom stereocenters. The number of ether oxygens (including phenoxy) is 1. The molecule has 7 heteroatoms. The van der Waals surface area contributed by atoms with Gasteiger partial charge < -0.3 is 10.1 Å². The smallest absolute Gasteiger partial charge is 0.328 e. The van der Waals surface area contributed by atoms with E-state index in [9.17, 15) is 19.7 Å². The Morgan fingerprint density at radius 2 is 1.82 bits per heavy atom. The number of benzene rings is 2. The van der Waals surface area contributed by atoms with Crippen LogP contribution in [-0.4, -0.2) is 22.8 Å². The van der Waals surface area contributed by atoms with Crippen molar-refractivity contribution in [1.82, 2.24) is 5.32 Å². The summed E-state index contributed by atoms with van der Waals surface area (Å²) in [5.74, 6) is -0.821. The normalized spacial score (nSPS) is 11.7. The molecule has 7 nitrogen and oxygen atoms in total. The molecule has 0 saturated carbocycles. The highest BCUT2D eigenvalue weighted by Gasteiger charge is 2.24. The fraction of sp³-hybridized carbons (Fsp3) is 0.333. The summed E-state index contributed by atoms with van der Waals surface area (Å²) in [7, 11) is 0. The first-order valence-corrected chi connectivity index (χ1v) is 9.04. The van der Waals surface area contributed by atoms with E-state index in [0.29, 0.717) is 12.0 Å². The highest BCUT2D eigenvalue weighted by molar-refractivity contribution is 5.97. The van der Waals surface area contributed by atoms with Crippen LogP contribution in [0.1, 0.15) is 41.8 Å². The van der Waals surface area contributed by atoms with E-state index in [-0.39, 0.29) is 23.8 Å². The van der Waals surface area contributed by atoms with Gasteiger partial charge in [0.15, 0.2) is 0 Å². The standard InChI is InChI=1S/C21H24N2O5/c1-14(2)11-18(21(25)28-13-16-7-5-4-6-8-16)22-20(24)17-9-10-19(23(26)27)15(3)12-17/h4-10,12,14,18H,11,13H2,1-3H3,(H,22,24)/t18-/m0/s1. The monoisotopic (exact) mass is 384 g/mol. The predicted molar refractivity (Wildman–Crippen MR) is 105 cm³/mol. The van der Waals surface area contributed by atoms with Gasteiger partial charge in [0.05, 0.1) is 4.92 Å². The van der Waals surface area contributed by atoms with Crippen LogP contribution in [0.25, 0.3) is 0 Å². The summed E-state index contributed by atoms with van der Waals surface area (Å²) in [6, 6.07) is 12.6. The molecule has 0 bridgehead atoms. The van der Waals surface area contributed by atoms with Crippen molar-refractivity contribution in [2.24, 2.45) is 5.92 Å². The van der Waals surface area contributed by atoms with Gasteiger partial charge in [0.1, 0.15) is 12.6 Å². The third kappa shape index (κ3) is 5.90. The Labute approximate surface area is 163 Å². The number of nitrogens with one attached hydrogen (secondary N) is 1. The van der Waals surface area contributed by atoms with Crippen molar-refractivity contribution in [3.8, 4) is 0 Å². The zero-order chi connectivity index (χ0) is 20.7. The first-order valence-electron chi connectivity index (χ1n) is 9.04. The Morgan fingerprint density at radius 1 is 1.14 bits per heavy atom. The van der Waals surface area contributed by atoms with Gasteiger partial charge in [0.25, 0.3) is 11.6 Å². The zero-order valence-corrected chi connectivity index (χ0v) is 16.2. The van der Waals surface area contributed by atoms with Gasteiger partial charge in [-0.05, 0) is 37.0 Å². The van der Waals surface area contributed by atoms with Crippen molar-refractivity contribution in [3.63, 3.8) is 0 Å². The number of hydrogen-bond donors (Lipinski definition) is 1. The average molecular weight is 384 g/mol. The molecular weight excluding hydrogens is 360 g/mol. The Bertz CT molecular complexity index is 849. The number of nitrogens with zero attached hydrogens (tertiary/aromatic N) is 1. The molecule has 0 aliphatic heterocycles. The number of hydrogen-bond acceptors (Lipinski definition) is 5. The molecule has 2 rings (SSSR count). The Morgan fingerprint density at radius 3 is 2.39 bits per heavy atom. The van der Waals surface area contributed by atoms with Gasteiger partial charge in [-0.25, -0.2) is 4.79 Å². The van der Waals surface area contributed by atoms with E-state index in [0.717, 1.165) is 5.56 Å². The van der Waals surface area contributed by atoms with Gasteiger partial charge >= 0.3 is 5.97 Å². The van der Waals surface area contributed by atoms with E-state index >= 15 is 0 Å². The quantitative estimate of drug-likeness (QED) is 0.424. The van der Waals surface area contributed by atoms with Gasteiger partial charge in [0, 0.05) is 17.2 Å². The number of aryl methyl sites for hydroxylation is 1. The molecule has 2 aromatic rings. The van der Waals surface area contributed by atoms with Crippen molar-refractivity contribution in [1.29, 1.82) is 0 Å². The summed E-state index contributed by atoms with van der Waals surface area (Å²) in [6.07, 6.45) is 0.422. The molecule has 148 valence electrons. The lowest BCUT2D eigenvalue weighted by Crippen LogP contribution is -2.42. The number of amides is 1. The van der Waals surface area contributed by atoms with Crippen molar-refractivity contribution < 1.29 is 19.2 Å². The second-order valence-corrected chi connectivity index (χ2v) is 7.01. The maximum atomic E-state index is 12.6. The summed E-state index contributed by atoms with van der Waals surface area (Å²) in [6.45, 7) is 5.58. The maximum Gasteiger partial charge on any atom is 0.328 e. The molecular formula is C21H24N2O5. The SMILES string of the molecule is Cc1cc(C(=O)N[C@@H](CC(C)C)C(=O)OCc2ccccc2)ccc1[N+](=O)[O-]. The van der Waals surface area contributed by atoms with Gasteiger partial charge in [-0.2, -0.15) is 0 Å². The van der Waals surface area contributed by atoms with Crippen molar-refractivity contribution >= 4 is 17.6 Å². The van der Waals surface area contributed by atoms with E-state index in [1.165, 1.54) is 18.2 Å². The van der Waals surface area contributed by atoms with Gasteiger partial charge in [0.2, 0.25) is 0 Å². The van der Waals surface area contributed by atoms with Crippen LogP contribution in [0, 0.1) is 23.0 Å². The third-order valence-corrected chi connectivity index (χ3v) is 4.18. The fourth-order valence-electron chi connectivity index (χ4n) is 2.76. The molecule has 1 N–H and O–H groups in total. The number of carbonyl (C=O) groups is 2. The summed E-state index contributed by atoms with van der Waals surface area (Å²) in [5.41, 5.74) is 1.44.